The quantitative estimate of drug-likeness (QED) is 0.336. The van der Waals surface area contributed by atoms with Gasteiger partial charge in [0.1, 0.15) is 5.75 Å². The molecule has 1 atom stereocenters. The molecule has 0 bridgehead atoms. The monoisotopic (exact) mass is 464 g/mol. The second-order valence-electron chi connectivity index (χ2n) is 10.0. The largest absolute Gasteiger partial charge is 0.598 e. The highest BCUT2D eigenvalue weighted by molar-refractivity contribution is 7.89. The van der Waals surface area contributed by atoms with Crippen LogP contribution in [0, 0.1) is 17.8 Å². The molecule has 0 aromatic carbocycles. The molecule has 1 unspecified atom stereocenters. The van der Waals surface area contributed by atoms with Gasteiger partial charge in [0.05, 0.1) is 0 Å². The third kappa shape index (κ3) is 8.47. The first-order valence-corrected chi connectivity index (χ1v) is 14.1. The normalized spacial score (nSPS) is 20.2. The summed E-state index contributed by atoms with van der Waals surface area (Å²) in [5.74, 6) is 3.77. The Kier molecular flexibility index (Phi) is 11.0. The molecule has 0 radical (unpaired) electrons. The maximum Gasteiger partial charge on any atom is 0.225 e. The average molecular weight is 465 g/mol. The van der Waals surface area contributed by atoms with Crippen molar-refractivity contribution in [1.82, 2.24) is 14.3 Å². The SMILES string of the molecule is CCC[S+]([O-])N1CCC(COCCCC2CCN(c3ncc(CC(C)C)cn3)CC2)CC1. The van der Waals surface area contributed by atoms with Crippen LogP contribution < -0.4 is 4.90 Å². The van der Waals surface area contributed by atoms with Crippen LogP contribution in [0.5, 0.6) is 0 Å². The zero-order chi connectivity index (χ0) is 22.8. The van der Waals surface area contributed by atoms with E-state index in [2.05, 4.69) is 39.9 Å². The zero-order valence-electron chi connectivity index (χ0n) is 20.5. The van der Waals surface area contributed by atoms with Crippen molar-refractivity contribution in [3.8, 4) is 0 Å². The molecule has 1 aromatic rings. The van der Waals surface area contributed by atoms with Gasteiger partial charge in [0.2, 0.25) is 5.95 Å². The van der Waals surface area contributed by atoms with E-state index in [0.29, 0.717) is 11.8 Å². The Morgan fingerprint density at radius 1 is 1.06 bits per heavy atom. The maximum absolute atomic E-state index is 12.1. The fourth-order valence-corrected chi connectivity index (χ4v) is 6.04. The van der Waals surface area contributed by atoms with Crippen molar-refractivity contribution >= 4 is 17.3 Å². The number of ether oxygens (including phenoxy) is 1. The van der Waals surface area contributed by atoms with Gasteiger partial charge in [-0.25, -0.2) is 9.97 Å². The van der Waals surface area contributed by atoms with E-state index >= 15 is 0 Å². The smallest absolute Gasteiger partial charge is 0.225 e. The summed E-state index contributed by atoms with van der Waals surface area (Å²) in [7, 11) is 0. The molecule has 0 N–H and O–H groups in total. The molecular weight excluding hydrogens is 420 g/mol. The Morgan fingerprint density at radius 3 is 2.34 bits per heavy atom. The van der Waals surface area contributed by atoms with Gasteiger partial charge in [-0.1, -0.05) is 20.8 Å². The molecule has 32 heavy (non-hydrogen) atoms. The minimum atomic E-state index is -0.770. The van der Waals surface area contributed by atoms with Crippen LogP contribution in [-0.2, 0) is 22.5 Å². The van der Waals surface area contributed by atoms with Crippen LogP contribution in [0.15, 0.2) is 12.4 Å². The average Bonchev–Trinajstić information content (AvgIpc) is 2.80. The van der Waals surface area contributed by atoms with Crippen molar-refractivity contribution in [1.29, 1.82) is 0 Å². The van der Waals surface area contributed by atoms with Gasteiger partial charge in [-0.3, -0.25) is 0 Å². The van der Waals surface area contributed by atoms with Crippen molar-refractivity contribution in [2.75, 3.05) is 50.0 Å². The molecule has 0 aliphatic carbocycles. The number of rotatable bonds is 12. The highest BCUT2D eigenvalue weighted by Gasteiger charge is 2.26. The molecule has 7 heteroatoms. The summed E-state index contributed by atoms with van der Waals surface area (Å²) in [6, 6.07) is 0. The van der Waals surface area contributed by atoms with Gasteiger partial charge in [0.25, 0.3) is 0 Å². The van der Waals surface area contributed by atoms with Crippen molar-refractivity contribution < 1.29 is 9.29 Å². The Morgan fingerprint density at radius 2 is 1.72 bits per heavy atom. The van der Waals surface area contributed by atoms with Crippen LogP contribution in [0.3, 0.4) is 0 Å². The molecule has 1 aromatic heterocycles. The molecule has 0 saturated carbocycles. The molecule has 3 heterocycles. The minimum absolute atomic E-state index is 0.639. The van der Waals surface area contributed by atoms with Gasteiger partial charge in [0, 0.05) is 63.1 Å². The molecule has 2 aliphatic rings. The number of piperidine rings is 2. The third-order valence-corrected chi connectivity index (χ3v) is 8.43. The van der Waals surface area contributed by atoms with E-state index in [4.69, 9.17) is 4.74 Å². The molecule has 0 spiro atoms. The van der Waals surface area contributed by atoms with Crippen molar-refractivity contribution in [2.45, 2.75) is 72.1 Å². The number of aromatic nitrogens is 2. The van der Waals surface area contributed by atoms with Crippen LogP contribution >= 0.6 is 0 Å². The van der Waals surface area contributed by atoms with Gasteiger partial charge in [-0.05, 0) is 74.7 Å². The van der Waals surface area contributed by atoms with Crippen molar-refractivity contribution in [2.24, 2.45) is 17.8 Å². The van der Waals surface area contributed by atoms with Crippen molar-refractivity contribution in [3.05, 3.63) is 18.0 Å². The Balaban J connectivity index is 1.23. The van der Waals surface area contributed by atoms with E-state index in [0.717, 1.165) is 89.1 Å². The summed E-state index contributed by atoms with van der Waals surface area (Å²) < 4.78 is 20.3. The number of hydrogen-bond donors (Lipinski definition) is 0. The number of nitrogens with zero attached hydrogens (tertiary/aromatic N) is 4. The first kappa shape index (κ1) is 25.7. The second-order valence-corrected chi connectivity index (χ2v) is 11.6. The van der Waals surface area contributed by atoms with E-state index < -0.39 is 11.4 Å². The lowest BCUT2D eigenvalue weighted by Gasteiger charge is -2.32. The minimum Gasteiger partial charge on any atom is -0.598 e. The van der Waals surface area contributed by atoms with E-state index in [-0.39, 0.29) is 0 Å². The second kappa shape index (κ2) is 13.7. The van der Waals surface area contributed by atoms with Gasteiger partial charge in [0.15, 0.2) is 0 Å². The maximum atomic E-state index is 12.1. The lowest BCUT2D eigenvalue weighted by Crippen LogP contribution is -2.40. The van der Waals surface area contributed by atoms with Crippen molar-refractivity contribution in [3.63, 3.8) is 0 Å². The van der Waals surface area contributed by atoms with E-state index in [1.54, 1.807) is 0 Å². The summed E-state index contributed by atoms with van der Waals surface area (Å²) in [6.45, 7) is 12.4. The molecule has 3 rings (SSSR count). The van der Waals surface area contributed by atoms with Gasteiger partial charge < -0.3 is 14.2 Å². The third-order valence-electron chi connectivity index (χ3n) is 6.73. The fraction of sp³-hybridized carbons (Fsp3) is 0.840. The van der Waals surface area contributed by atoms with Crippen LogP contribution in [0.25, 0.3) is 0 Å². The summed E-state index contributed by atoms with van der Waals surface area (Å²) >= 11 is -0.770. The van der Waals surface area contributed by atoms with E-state index in [9.17, 15) is 4.55 Å². The first-order chi connectivity index (χ1) is 15.5. The predicted octanol–water partition coefficient (Wildman–Crippen LogP) is 4.47. The Labute approximate surface area is 198 Å². The molecule has 2 saturated heterocycles. The zero-order valence-corrected chi connectivity index (χ0v) is 21.3. The molecule has 182 valence electrons. The van der Waals surface area contributed by atoms with Crippen LogP contribution in [-0.4, -0.2) is 64.0 Å². The van der Waals surface area contributed by atoms with Gasteiger partial charge >= 0.3 is 0 Å². The molecule has 6 nitrogen and oxygen atoms in total. The molecule has 2 fully saturated rings. The topological polar surface area (TPSA) is 64.6 Å². The Bertz CT molecular complexity index is 629. The first-order valence-electron chi connectivity index (χ1n) is 12.8. The summed E-state index contributed by atoms with van der Waals surface area (Å²) in [6.07, 6.45) is 13.1. The Hall–Kier alpha value is -0.890. The summed E-state index contributed by atoms with van der Waals surface area (Å²) in [5.41, 5.74) is 1.23. The molecule has 2 aliphatic heterocycles. The highest BCUT2D eigenvalue weighted by atomic mass is 32.2. The van der Waals surface area contributed by atoms with E-state index in [1.807, 2.05) is 12.4 Å². The summed E-state index contributed by atoms with van der Waals surface area (Å²) in [4.78, 5) is 11.6. The van der Waals surface area contributed by atoms with E-state index in [1.165, 1.54) is 24.8 Å². The standard InChI is InChI=1S/C25H44N4O2S/c1-4-16-32(30)29-13-9-23(10-14-29)20-31-15-5-6-22-7-11-28(12-8-22)25-26-18-24(19-27-25)17-21(2)3/h18-19,21-23H,4-17,20H2,1-3H3. The van der Waals surface area contributed by atoms with Crippen LogP contribution in [0.1, 0.15) is 71.3 Å². The van der Waals surface area contributed by atoms with Crippen LogP contribution in [0.2, 0.25) is 0 Å². The lowest BCUT2D eigenvalue weighted by atomic mass is 9.92. The molecule has 0 amide bonds. The van der Waals surface area contributed by atoms with Gasteiger partial charge in [-0.15, -0.1) is 4.31 Å². The van der Waals surface area contributed by atoms with Gasteiger partial charge in [-0.2, -0.15) is 0 Å². The number of anilines is 1. The summed E-state index contributed by atoms with van der Waals surface area (Å²) in [5, 5.41) is 0. The highest BCUT2D eigenvalue weighted by Crippen LogP contribution is 2.25. The predicted molar refractivity (Wildman–Crippen MR) is 133 cm³/mol. The molecular formula is C25H44N4O2S. The fourth-order valence-electron chi connectivity index (χ4n) is 4.82. The van der Waals surface area contributed by atoms with Crippen LogP contribution in [0.4, 0.5) is 5.95 Å². The lowest BCUT2D eigenvalue weighted by molar-refractivity contribution is 0.0746. The number of hydrogen-bond acceptors (Lipinski definition) is 6.